The number of anilines is 1. The molecule has 0 radical (unpaired) electrons. The zero-order chi connectivity index (χ0) is 20.6. The van der Waals surface area contributed by atoms with Gasteiger partial charge in [-0.3, -0.25) is 9.78 Å². The van der Waals surface area contributed by atoms with Gasteiger partial charge in [0.25, 0.3) is 5.91 Å². The molecule has 0 fully saturated rings. The topological polar surface area (TPSA) is 51.2 Å². The molecule has 0 saturated carbocycles. The van der Waals surface area contributed by atoms with E-state index in [9.17, 15) is 9.18 Å². The van der Waals surface area contributed by atoms with Crippen molar-refractivity contribution in [3.05, 3.63) is 77.8 Å². The van der Waals surface area contributed by atoms with Gasteiger partial charge in [0.15, 0.2) is 11.6 Å². The minimum Gasteiger partial charge on any atom is -0.486 e. The first-order valence-corrected chi connectivity index (χ1v) is 9.83. The fraction of sp³-hybridized carbons (Fsp3) is 0.250. The molecule has 150 valence electrons. The minimum absolute atomic E-state index is 0.0876. The van der Waals surface area contributed by atoms with E-state index in [-0.39, 0.29) is 24.0 Å². The Hall–Kier alpha value is -3.21. The summed E-state index contributed by atoms with van der Waals surface area (Å²) in [5.74, 6) is -0.856. The van der Waals surface area contributed by atoms with Crippen LogP contribution in [0.2, 0.25) is 0 Å². The van der Waals surface area contributed by atoms with Crippen LogP contribution in [0, 0.1) is 12.7 Å². The van der Waals surface area contributed by atoms with Crippen molar-refractivity contribution >= 4 is 22.5 Å². The summed E-state index contributed by atoms with van der Waals surface area (Å²) in [6, 6.07) is 13.7. The number of carbonyl (C=O) groups is 1. The molecule has 5 heteroatoms. The third kappa shape index (κ3) is 5.41. The van der Waals surface area contributed by atoms with Crippen LogP contribution in [0.1, 0.15) is 42.2 Å². The van der Waals surface area contributed by atoms with Gasteiger partial charge in [0.2, 0.25) is 0 Å². The van der Waals surface area contributed by atoms with E-state index in [2.05, 4.69) is 17.2 Å². The van der Waals surface area contributed by atoms with Gasteiger partial charge in [0.05, 0.1) is 11.2 Å². The maximum Gasteiger partial charge on any atom is 0.255 e. The average molecular weight is 392 g/mol. The van der Waals surface area contributed by atoms with Gasteiger partial charge in [0.1, 0.15) is 6.61 Å². The van der Waals surface area contributed by atoms with Gasteiger partial charge in [-0.25, -0.2) is 4.39 Å². The highest BCUT2D eigenvalue weighted by molar-refractivity contribution is 6.06. The van der Waals surface area contributed by atoms with Crippen molar-refractivity contribution in [2.24, 2.45) is 0 Å². The highest BCUT2D eigenvalue weighted by Crippen LogP contribution is 2.25. The summed E-state index contributed by atoms with van der Waals surface area (Å²) < 4.78 is 20.2. The van der Waals surface area contributed by atoms with Crippen LogP contribution in [-0.2, 0) is 0 Å². The monoisotopic (exact) mass is 392 g/mol. The van der Waals surface area contributed by atoms with E-state index in [1.807, 2.05) is 31.2 Å². The highest BCUT2D eigenvalue weighted by atomic mass is 19.1. The number of aryl methyl sites for hydroxylation is 1. The van der Waals surface area contributed by atoms with Crippen LogP contribution in [0.4, 0.5) is 10.1 Å². The highest BCUT2D eigenvalue weighted by Gasteiger charge is 2.13. The largest absolute Gasteiger partial charge is 0.486 e. The van der Waals surface area contributed by atoms with Crippen molar-refractivity contribution in [1.29, 1.82) is 0 Å². The molecule has 2 aromatic carbocycles. The first-order chi connectivity index (χ1) is 14.1. The molecule has 0 bridgehead atoms. The standard InChI is InChI=1S/C24H25FN2O2/c1-3-4-5-6-7-15-29-22-10-8-9-21(23(22)25)27-24(28)19-13-14-20-18(16-19)12-11-17(2)26-20/h6-14,16H,3-5,15H2,1-2H3,(H,27,28). The number of nitrogens with one attached hydrogen (secondary N) is 1. The quantitative estimate of drug-likeness (QED) is 0.374. The number of carbonyl (C=O) groups excluding carboxylic acids is 1. The summed E-state index contributed by atoms with van der Waals surface area (Å²) in [5.41, 5.74) is 2.25. The van der Waals surface area contributed by atoms with Crippen molar-refractivity contribution in [2.75, 3.05) is 11.9 Å². The van der Waals surface area contributed by atoms with E-state index in [4.69, 9.17) is 4.74 Å². The number of fused-ring (bicyclic) bond motifs is 1. The lowest BCUT2D eigenvalue weighted by Gasteiger charge is -2.11. The van der Waals surface area contributed by atoms with Gasteiger partial charge in [-0.2, -0.15) is 0 Å². The smallest absolute Gasteiger partial charge is 0.255 e. The minimum atomic E-state index is -0.583. The Kier molecular flexibility index (Phi) is 6.95. The van der Waals surface area contributed by atoms with Gasteiger partial charge in [0, 0.05) is 16.6 Å². The number of benzene rings is 2. The van der Waals surface area contributed by atoms with E-state index in [0.29, 0.717) is 5.56 Å². The Morgan fingerprint density at radius 2 is 2.03 bits per heavy atom. The number of hydrogen-bond acceptors (Lipinski definition) is 3. The number of halogens is 1. The number of pyridine rings is 1. The van der Waals surface area contributed by atoms with Crippen LogP contribution in [0.3, 0.4) is 0 Å². The van der Waals surface area contributed by atoms with Gasteiger partial charge in [-0.1, -0.05) is 44.1 Å². The molecule has 0 saturated heterocycles. The second kappa shape index (κ2) is 9.82. The lowest BCUT2D eigenvalue weighted by Crippen LogP contribution is -2.13. The molecule has 3 aromatic rings. The maximum atomic E-state index is 14.7. The zero-order valence-electron chi connectivity index (χ0n) is 16.7. The SMILES string of the molecule is CCCCC=CCOc1cccc(NC(=O)c2ccc3nc(C)ccc3c2)c1F. The second-order valence-corrected chi connectivity index (χ2v) is 6.86. The van der Waals surface area contributed by atoms with Crippen molar-refractivity contribution in [3.8, 4) is 5.75 Å². The molecule has 1 amide bonds. The van der Waals surface area contributed by atoms with E-state index in [1.54, 1.807) is 30.3 Å². The van der Waals surface area contributed by atoms with E-state index in [0.717, 1.165) is 35.9 Å². The van der Waals surface area contributed by atoms with Crippen molar-refractivity contribution < 1.29 is 13.9 Å². The lowest BCUT2D eigenvalue weighted by molar-refractivity contribution is 0.102. The predicted molar refractivity (Wildman–Crippen MR) is 115 cm³/mol. The van der Waals surface area contributed by atoms with E-state index < -0.39 is 5.82 Å². The van der Waals surface area contributed by atoms with Gasteiger partial charge >= 0.3 is 0 Å². The van der Waals surface area contributed by atoms with Crippen LogP contribution in [0.15, 0.2) is 60.7 Å². The number of ether oxygens (including phenoxy) is 1. The first-order valence-electron chi connectivity index (χ1n) is 9.83. The van der Waals surface area contributed by atoms with Crippen LogP contribution in [-0.4, -0.2) is 17.5 Å². The Labute approximate surface area is 170 Å². The maximum absolute atomic E-state index is 14.7. The predicted octanol–water partition coefficient (Wildman–Crippen LogP) is 6.06. The normalized spacial score (nSPS) is 11.1. The van der Waals surface area contributed by atoms with Crippen molar-refractivity contribution in [1.82, 2.24) is 4.98 Å². The molecule has 0 aliphatic heterocycles. The van der Waals surface area contributed by atoms with Crippen molar-refractivity contribution in [3.63, 3.8) is 0 Å². The number of rotatable bonds is 8. The number of nitrogens with zero attached hydrogens (tertiary/aromatic N) is 1. The Morgan fingerprint density at radius 3 is 2.86 bits per heavy atom. The Balaban J connectivity index is 1.69. The molecule has 0 unspecified atom stereocenters. The van der Waals surface area contributed by atoms with Gasteiger partial charge in [-0.05, 0) is 49.7 Å². The molecule has 29 heavy (non-hydrogen) atoms. The summed E-state index contributed by atoms with van der Waals surface area (Å²) in [4.78, 5) is 17.0. The molecule has 0 aliphatic rings. The molecular formula is C24H25FN2O2. The van der Waals surface area contributed by atoms with Crippen molar-refractivity contribution in [2.45, 2.75) is 33.1 Å². The fourth-order valence-corrected chi connectivity index (χ4v) is 2.93. The molecule has 1 aromatic heterocycles. The number of unbranched alkanes of at least 4 members (excludes halogenated alkanes) is 2. The van der Waals surface area contributed by atoms with Crippen LogP contribution < -0.4 is 10.1 Å². The Morgan fingerprint density at radius 1 is 1.17 bits per heavy atom. The van der Waals surface area contributed by atoms with E-state index >= 15 is 0 Å². The number of allylic oxidation sites excluding steroid dienone is 1. The molecular weight excluding hydrogens is 367 g/mol. The average Bonchev–Trinajstić information content (AvgIpc) is 2.72. The molecule has 1 heterocycles. The number of amides is 1. The van der Waals surface area contributed by atoms with Gasteiger partial charge in [-0.15, -0.1) is 0 Å². The Bertz CT molecular complexity index is 1030. The van der Waals surface area contributed by atoms with Crippen LogP contribution >= 0.6 is 0 Å². The first kappa shape index (κ1) is 20.5. The summed E-state index contributed by atoms with van der Waals surface area (Å²) in [6.07, 6.45) is 7.15. The zero-order valence-corrected chi connectivity index (χ0v) is 16.7. The molecule has 4 nitrogen and oxygen atoms in total. The summed E-state index contributed by atoms with van der Waals surface area (Å²) in [7, 11) is 0. The molecule has 0 atom stereocenters. The third-order valence-electron chi connectivity index (χ3n) is 4.53. The molecule has 0 aliphatic carbocycles. The summed E-state index contributed by atoms with van der Waals surface area (Å²) in [6.45, 7) is 4.34. The third-order valence-corrected chi connectivity index (χ3v) is 4.53. The van der Waals surface area contributed by atoms with E-state index in [1.165, 1.54) is 6.07 Å². The number of hydrogen-bond donors (Lipinski definition) is 1. The van der Waals surface area contributed by atoms with Crippen LogP contribution in [0.25, 0.3) is 10.9 Å². The molecule has 1 N–H and O–H groups in total. The summed E-state index contributed by atoms with van der Waals surface area (Å²) in [5, 5.41) is 3.49. The molecule has 0 spiro atoms. The fourth-order valence-electron chi connectivity index (χ4n) is 2.93. The number of aromatic nitrogens is 1. The molecule has 3 rings (SSSR count). The lowest BCUT2D eigenvalue weighted by atomic mass is 10.1. The summed E-state index contributed by atoms with van der Waals surface area (Å²) >= 11 is 0. The second-order valence-electron chi connectivity index (χ2n) is 6.86. The van der Waals surface area contributed by atoms with Gasteiger partial charge < -0.3 is 10.1 Å². The van der Waals surface area contributed by atoms with Crippen LogP contribution in [0.5, 0.6) is 5.75 Å².